The van der Waals surface area contributed by atoms with Gasteiger partial charge in [-0.2, -0.15) is 0 Å². The lowest BCUT2D eigenvalue weighted by Crippen LogP contribution is -2.33. The van der Waals surface area contributed by atoms with E-state index in [0.717, 1.165) is 64.1 Å². The zero-order valence-corrected chi connectivity index (χ0v) is 17.4. The van der Waals surface area contributed by atoms with Crippen molar-refractivity contribution >= 4 is 11.7 Å². The highest BCUT2D eigenvalue weighted by Gasteiger charge is 2.16. The number of carbonyl (C=O) groups is 1. The molecule has 1 saturated heterocycles. The second kappa shape index (κ2) is 12.7. The molecule has 0 aliphatic carbocycles. The zero-order chi connectivity index (χ0) is 19.3. The molecule has 5 nitrogen and oxygen atoms in total. The van der Waals surface area contributed by atoms with E-state index in [1.807, 2.05) is 23.1 Å². The molecule has 0 saturated carbocycles. The number of rotatable bonds is 12. The number of pyridine rings is 1. The van der Waals surface area contributed by atoms with Gasteiger partial charge in [0.15, 0.2) is 0 Å². The molecule has 5 heteroatoms. The molecule has 0 radical (unpaired) electrons. The number of aromatic nitrogens is 1. The third-order valence-corrected chi connectivity index (χ3v) is 5.22. The van der Waals surface area contributed by atoms with Crippen molar-refractivity contribution in [1.82, 2.24) is 14.8 Å². The molecule has 152 valence electrons. The molecule has 2 heterocycles. The third kappa shape index (κ3) is 7.87. The topological polar surface area (TPSA) is 48.5 Å². The second-order valence-electron chi connectivity index (χ2n) is 7.59. The number of carbonyl (C=O) groups excluding carboxylic acids is 1. The number of unbranched alkanes of at least 4 members (excludes halogenated alkanes) is 2. The molecule has 0 unspecified atom stereocenters. The summed E-state index contributed by atoms with van der Waals surface area (Å²) in [6.45, 7) is 10.5. The predicted octanol–water partition coefficient (Wildman–Crippen LogP) is 4.41. The number of nitrogens with zero attached hydrogens (tertiary/aromatic N) is 3. The maximum Gasteiger partial charge on any atom is 0.272 e. The van der Waals surface area contributed by atoms with Gasteiger partial charge in [-0.25, -0.2) is 4.98 Å². The van der Waals surface area contributed by atoms with Crippen molar-refractivity contribution in [3.63, 3.8) is 0 Å². The first-order valence-corrected chi connectivity index (χ1v) is 11.0. The molecule has 1 N–H and O–H groups in total. The summed E-state index contributed by atoms with van der Waals surface area (Å²) >= 11 is 0. The van der Waals surface area contributed by atoms with Crippen molar-refractivity contribution in [1.29, 1.82) is 0 Å². The van der Waals surface area contributed by atoms with Gasteiger partial charge in [-0.15, -0.1) is 0 Å². The normalized spacial score (nSPS) is 14.9. The van der Waals surface area contributed by atoms with E-state index in [1.54, 1.807) is 0 Å². The van der Waals surface area contributed by atoms with Crippen LogP contribution >= 0.6 is 0 Å². The van der Waals surface area contributed by atoms with Gasteiger partial charge in [-0.05, 0) is 63.9 Å². The standard InChI is InChI=1S/C22H38N4O/c1-3-5-18-26(19-6-4-2)22(27)20-12-10-13-21(24-20)23-14-11-17-25-15-8-7-9-16-25/h10,12-13H,3-9,11,14-19H2,1-2H3,(H,23,24). The van der Waals surface area contributed by atoms with Crippen LogP contribution in [0, 0.1) is 0 Å². The smallest absolute Gasteiger partial charge is 0.272 e. The highest BCUT2D eigenvalue weighted by atomic mass is 16.2. The van der Waals surface area contributed by atoms with Crippen LogP contribution in [0.15, 0.2) is 18.2 Å². The maximum absolute atomic E-state index is 12.9. The van der Waals surface area contributed by atoms with E-state index in [2.05, 4.69) is 29.0 Å². The largest absolute Gasteiger partial charge is 0.370 e. The van der Waals surface area contributed by atoms with Crippen LogP contribution < -0.4 is 5.32 Å². The van der Waals surface area contributed by atoms with Gasteiger partial charge >= 0.3 is 0 Å². The summed E-state index contributed by atoms with van der Waals surface area (Å²) in [4.78, 5) is 22.0. The highest BCUT2D eigenvalue weighted by Crippen LogP contribution is 2.11. The molecule has 27 heavy (non-hydrogen) atoms. The van der Waals surface area contributed by atoms with Crippen molar-refractivity contribution in [2.75, 3.05) is 44.6 Å². The molecule has 1 aliphatic heterocycles. The summed E-state index contributed by atoms with van der Waals surface area (Å²) in [5.41, 5.74) is 0.559. The van der Waals surface area contributed by atoms with Crippen molar-refractivity contribution in [2.45, 2.75) is 65.2 Å². The predicted molar refractivity (Wildman–Crippen MR) is 113 cm³/mol. The lowest BCUT2D eigenvalue weighted by molar-refractivity contribution is 0.0745. The first-order chi connectivity index (χ1) is 13.2. The Balaban J connectivity index is 1.83. The van der Waals surface area contributed by atoms with Crippen LogP contribution in [0.2, 0.25) is 0 Å². The summed E-state index contributed by atoms with van der Waals surface area (Å²) in [5.74, 6) is 0.874. The van der Waals surface area contributed by atoms with Crippen molar-refractivity contribution in [2.24, 2.45) is 0 Å². The second-order valence-corrected chi connectivity index (χ2v) is 7.59. The fraction of sp³-hybridized carbons (Fsp3) is 0.727. The van der Waals surface area contributed by atoms with Crippen LogP contribution in [0.1, 0.15) is 75.7 Å². The fourth-order valence-corrected chi connectivity index (χ4v) is 3.53. The lowest BCUT2D eigenvalue weighted by Gasteiger charge is -2.26. The highest BCUT2D eigenvalue weighted by molar-refractivity contribution is 5.92. The van der Waals surface area contributed by atoms with Crippen molar-refractivity contribution in [3.8, 4) is 0 Å². The Morgan fingerprint density at radius 1 is 1.07 bits per heavy atom. The number of nitrogens with one attached hydrogen (secondary N) is 1. The lowest BCUT2D eigenvalue weighted by atomic mass is 10.1. The van der Waals surface area contributed by atoms with E-state index in [4.69, 9.17) is 0 Å². The summed E-state index contributed by atoms with van der Waals surface area (Å²) in [6.07, 6.45) is 9.46. The molecule has 0 bridgehead atoms. The molecule has 1 amide bonds. The first kappa shape index (κ1) is 21.7. The van der Waals surface area contributed by atoms with Gasteiger partial charge in [0, 0.05) is 19.6 Å². The Bertz CT molecular complexity index is 535. The Morgan fingerprint density at radius 2 is 1.78 bits per heavy atom. The van der Waals surface area contributed by atoms with Crippen LogP contribution in [0.5, 0.6) is 0 Å². The van der Waals surface area contributed by atoms with E-state index >= 15 is 0 Å². The third-order valence-electron chi connectivity index (χ3n) is 5.22. The van der Waals surface area contributed by atoms with E-state index in [1.165, 1.54) is 32.4 Å². The Labute approximate surface area is 165 Å². The minimum Gasteiger partial charge on any atom is -0.370 e. The number of amides is 1. The fourth-order valence-electron chi connectivity index (χ4n) is 3.53. The Morgan fingerprint density at radius 3 is 2.44 bits per heavy atom. The molecule has 2 rings (SSSR count). The molecule has 1 aromatic rings. The molecular weight excluding hydrogens is 336 g/mol. The van der Waals surface area contributed by atoms with Crippen LogP contribution in [0.3, 0.4) is 0 Å². The number of anilines is 1. The average Bonchev–Trinajstić information content (AvgIpc) is 2.72. The van der Waals surface area contributed by atoms with Crippen LogP contribution in [0.25, 0.3) is 0 Å². The average molecular weight is 375 g/mol. The van der Waals surface area contributed by atoms with Gasteiger partial charge < -0.3 is 15.1 Å². The summed E-state index contributed by atoms with van der Waals surface area (Å²) < 4.78 is 0. The minimum absolute atomic E-state index is 0.0638. The minimum atomic E-state index is 0.0638. The molecule has 1 fully saturated rings. The molecule has 0 spiro atoms. The van der Waals surface area contributed by atoms with Gasteiger partial charge in [0.2, 0.25) is 0 Å². The zero-order valence-electron chi connectivity index (χ0n) is 17.4. The number of piperidine rings is 1. The van der Waals surface area contributed by atoms with Crippen molar-refractivity contribution in [3.05, 3.63) is 23.9 Å². The molecule has 0 atom stereocenters. The van der Waals surface area contributed by atoms with Crippen LogP contribution in [0.4, 0.5) is 5.82 Å². The first-order valence-electron chi connectivity index (χ1n) is 11.0. The summed E-state index contributed by atoms with van der Waals surface area (Å²) in [5, 5.41) is 3.40. The SMILES string of the molecule is CCCCN(CCCC)C(=O)c1cccc(NCCCN2CCCCC2)n1. The van der Waals surface area contributed by atoms with Gasteiger partial charge in [0.05, 0.1) is 0 Å². The molecule has 1 aromatic heterocycles. The Hall–Kier alpha value is -1.62. The molecule has 1 aliphatic rings. The monoisotopic (exact) mass is 374 g/mol. The molecule has 0 aromatic carbocycles. The summed E-state index contributed by atoms with van der Waals surface area (Å²) in [6, 6.07) is 5.73. The number of likely N-dealkylation sites (tertiary alicyclic amines) is 1. The van der Waals surface area contributed by atoms with Crippen LogP contribution in [-0.4, -0.2) is 60.0 Å². The van der Waals surface area contributed by atoms with E-state index in [9.17, 15) is 4.79 Å². The van der Waals surface area contributed by atoms with Gasteiger partial charge in [-0.3, -0.25) is 4.79 Å². The number of hydrogen-bond donors (Lipinski definition) is 1. The van der Waals surface area contributed by atoms with Gasteiger partial charge in [-0.1, -0.05) is 39.2 Å². The Kier molecular flexibility index (Phi) is 10.2. The van der Waals surface area contributed by atoms with Gasteiger partial charge in [0.1, 0.15) is 11.5 Å². The molecular formula is C22H38N4O. The number of hydrogen-bond acceptors (Lipinski definition) is 4. The van der Waals surface area contributed by atoms with E-state index in [0.29, 0.717) is 5.69 Å². The maximum atomic E-state index is 12.9. The summed E-state index contributed by atoms with van der Waals surface area (Å²) in [7, 11) is 0. The van der Waals surface area contributed by atoms with Gasteiger partial charge in [0.25, 0.3) is 5.91 Å². The quantitative estimate of drug-likeness (QED) is 0.551. The van der Waals surface area contributed by atoms with Crippen LogP contribution in [-0.2, 0) is 0 Å². The van der Waals surface area contributed by atoms with Crippen molar-refractivity contribution < 1.29 is 4.79 Å². The van der Waals surface area contributed by atoms with E-state index < -0.39 is 0 Å². The van der Waals surface area contributed by atoms with E-state index in [-0.39, 0.29) is 5.91 Å².